The van der Waals surface area contributed by atoms with Crippen LogP contribution in [-0.4, -0.2) is 43.9 Å². The number of nitro benzene ring substituents is 1. The molecule has 8 nitrogen and oxygen atoms in total. The zero-order valence-electron chi connectivity index (χ0n) is 12.1. The number of nitrogen functional groups attached to an aromatic ring is 1. The number of methoxy groups -OCH3 is 1. The van der Waals surface area contributed by atoms with Crippen molar-refractivity contribution in [1.29, 1.82) is 0 Å². The summed E-state index contributed by atoms with van der Waals surface area (Å²) >= 11 is 0. The molecule has 0 aliphatic carbocycles. The van der Waals surface area contributed by atoms with E-state index in [9.17, 15) is 18.5 Å². The standard InChI is InChI=1S/C12H19N3O5S/c1-9(2)14(6-7-20-3)21(18,19)12-8-10(15(16)17)4-5-11(12)13/h4-5,8-9H,6-7,13H2,1-3H3. The summed E-state index contributed by atoms with van der Waals surface area (Å²) in [6, 6.07) is 3.04. The van der Waals surface area contributed by atoms with Gasteiger partial charge in [-0.15, -0.1) is 0 Å². The average molecular weight is 317 g/mol. The molecule has 0 fully saturated rings. The van der Waals surface area contributed by atoms with E-state index in [0.717, 1.165) is 6.07 Å². The van der Waals surface area contributed by atoms with Gasteiger partial charge in [-0.3, -0.25) is 10.1 Å². The number of rotatable bonds is 7. The summed E-state index contributed by atoms with van der Waals surface area (Å²) in [4.78, 5) is 9.88. The van der Waals surface area contributed by atoms with Gasteiger partial charge >= 0.3 is 0 Å². The first-order valence-corrected chi connectivity index (χ1v) is 7.70. The molecule has 0 saturated heterocycles. The van der Waals surface area contributed by atoms with Gasteiger partial charge in [-0.1, -0.05) is 0 Å². The Morgan fingerprint density at radius 2 is 2.05 bits per heavy atom. The summed E-state index contributed by atoms with van der Waals surface area (Å²) in [5.41, 5.74) is 5.34. The van der Waals surface area contributed by atoms with E-state index in [4.69, 9.17) is 10.5 Å². The maximum atomic E-state index is 12.6. The lowest BCUT2D eigenvalue weighted by Crippen LogP contribution is -2.39. The zero-order chi connectivity index (χ0) is 16.2. The number of anilines is 1. The third-order valence-corrected chi connectivity index (χ3v) is 5.02. The van der Waals surface area contributed by atoms with E-state index in [1.165, 1.54) is 23.5 Å². The summed E-state index contributed by atoms with van der Waals surface area (Å²) < 4.78 is 31.4. The summed E-state index contributed by atoms with van der Waals surface area (Å²) in [6.45, 7) is 3.77. The van der Waals surface area contributed by atoms with Crippen molar-refractivity contribution in [3.63, 3.8) is 0 Å². The van der Waals surface area contributed by atoms with Crippen LogP contribution < -0.4 is 5.73 Å². The second-order valence-electron chi connectivity index (χ2n) is 4.68. The maximum absolute atomic E-state index is 12.6. The molecule has 0 saturated carbocycles. The molecule has 0 amide bonds. The van der Waals surface area contributed by atoms with Crippen LogP contribution in [0.2, 0.25) is 0 Å². The van der Waals surface area contributed by atoms with Crippen LogP contribution in [0.3, 0.4) is 0 Å². The summed E-state index contributed by atoms with van der Waals surface area (Å²) in [7, 11) is -2.47. The van der Waals surface area contributed by atoms with Crippen molar-refractivity contribution in [3.8, 4) is 0 Å². The van der Waals surface area contributed by atoms with Crippen molar-refractivity contribution in [3.05, 3.63) is 28.3 Å². The van der Waals surface area contributed by atoms with Crippen molar-refractivity contribution in [2.75, 3.05) is 26.0 Å². The quantitative estimate of drug-likeness (QED) is 0.459. The normalized spacial score (nSPS) is 12.0. The van der Waals surface area contributed by atoms with Crippen LogP contribution in [0, 0.1) is 10.1 Å². The third-order valence-electron chi connectivity index (χ3n) is 2.89. The van der Waals surface area contributed by atoms with Crippen LogP contribution in [-0.2, 0) is 14.8 Å². The van der Waals surface area contributed by atoms with E-state index in [0.29, 0.717) is 0 Å². The molecule has 118 valence electrons. The molecule has 0 atom stereocenters. The highest BCUT2D eigenvalue weighted by atomic mass is 32.2. The van der Waals surface area contributed by atoms with Gasteiger partial charge in [0.15, 0.2) is 0 Å². The second-order valence-corrected chi connectivity index (χ2v) is 6.54. The van der Waals surface area contributed by atoms with E-state index in [1.807, 2.05) is 0 Å². The molecule has 2 N–H and O–H groups in total. The molecule has 1 rings (SSSR count). The van der Waals surface area contributed by atoms with Crippen molar-refractivity contribution in [1.82, 2.24) is 4.31 Å². The smallest absolute Gasteiger partial charge is 0.270 e. The minimum Gasteiger partial charge on any atom is -0.398 e. The van der Waals surface area contributed by atoms with E-state index >= 15 is 0 Å². The molecular weight excluding hydrogens is 298 g/mol. The fourth-order valence-corrected chi connectivity index (χ4v) is 3.58. The lowest BCUT2D eigenvalue weighted by atomic mass is 10.3. The summed E-state index contributed by atoms with van der Waals surface area (Å²) in [5, 5.41) is 10.8. The predicted molar refractivity (Wildman–Crippen MR) is 78.4 cm³/mol. The highest BCUT2D eigenvalue weighted by Crippen LogP contribution is 2.27. The Bertz CT molecular complexity index is 615. The van der Waals surface area contributed by atoms with Gasteiger partial charge in [0.05, 0.1) is 17.2 Å². The van der Waals surface area contributed by atoms with Crippen LogP contribution in [0.4, 0.5) is 11.4 Å². The Morgan fingerprint density at radius 3 is 2.52 bits per heavy atom. The fraction of sp³-hybridized carbons (Fsp3) is 0.500. The van der Waals surface area contributed by atoms with Gasteiger partial charge in [0.25, 0.3) is 5.69 Å². The van der Waals surface area contributed by atoms with Gasteiger partial charge in [-0.25, -0.2) is 8.42 Å². The molecule has 0 aliphatic heterocycles. The Labute approximate surface area is 123 Å². The fourth-order valence-electron chi connectivity index (χ4n) is 1.82. The van der Waals surface area contributed by atoms with Gasteiger partial charge in [-0.05, 0) is 19.9 Å². The highest BCUT2D eigenvalue weighted by molar-refractivity contribution is 7.89. The van der Waals surface area contributed by atoms with Gasteiger partial charge in [0, 0.05) is 31.8 Å². The molecule has 9 heteroatoms. The topological polar surface area (TPSA) is 116 Å². The number of hydrogen-bond acceptors (Lipinski definition) is 6. The Hall–Kier alpha value is -1.71. The maximum Gasteiger partial charge on any atom is 0.270 e. The third kappa shape index (κ3) is 3.90. The number of non-ortho nitro benzene ring substituents is 1. The SMILES string of the molecule is COCCN(C(C)C)S(=O)(=O)c1cc([N+](=O)[O-])ccc1N. The van der Waals surface area contributed by atoms with E-state index in [1.54, 1.807) is 13.8 Å². The molecule has 0 unspecified atom stereocenters. The molecule has 0 aliphatic rings. The Morgan fingerprint density at radius 1 is 1.43 bits per heavy atom. The van der Waals surface area contributed by atoms with Crippen LogP contribution in [0.25, 0.3) is 0 Å². The molecule has 21 heavy (non-hydrogen) atoms. The number of nitrogens with two attached hydrogens (primary N) is 1. The number of hydrogen-bond donors (Lipinski definition) is 1. The monoisotopic (exact) mass is 317 g/mol. The van der Waals surface area contributed by atoms with Gasteiger partial charge in [-0.2, -0.15) is 4.31 Å². The van der Waals surface area contributed by atoms with Crippen LogP contribution >= 0.6 is 0 Å². The number of nitro groups is 1. The Kier molecular flexibility index (Phi) is 5.64. The van der Waals surface area contributed by atoms with Gasteiger partial charge in [0.1, 0.15) is 4.90 Å². The molecule has 0 radical (unpaired) electrons. The minimum absolute atomic E-state index is 0.0244. The van der Waals surface area contributed by atoms with Gasteiger partial charge in [0.2, 0.25) is 10.0 Å². The summed E-state index contributed by atoms with van der Waals surface area (Å²) in [5.74, 6) is 0. The van der Waals surface area contributed by atoms with Crippen molar-refractivity contribution >= 4 is 21.4 Å². The predicted octanol–water partition coefficient (Wildman–Crippen LogP) is 1.22. The van der Waals surface area contributed by atoms with Gasteiger partial charge < -0.3 is 10.5 Å². The number of nitrogens with zero attached hydrogens (tertiary/aromatic N) is 2. The molecule has 0 spiro atoms. The lowest BCUT2D eigenvalue weighted by Gasteiger charge is -2.26. The minimum atomic E-state index is -3.94. The number of sulfonamides is 1. The second kappa shape index (κ2) is 6.83. The molecule has 1 aromatic rings. The molecule has 0 heterocycles. The van der Waals surface area contributed by atoms with Crippen molar-refractivity contribution in [2.24, 2.45) is 0 Å². The summed E-state index contributed by atoms with van der Waals surface area (Å²) in [6.07, 6.45) is 0. The van der Waals surface area contributed by atoms with Crippen LogP contribution in [0.1, 0.15) is 13.8 Å². The first-order valence-electron chi connectivity index (χ1n) is 6.26. The number of benzene rings is 1. The first-order chi connectivity index (χ1) is 9.71. The van der Waals surface area contributed by atoms with E-state index < -0.39 is 14.9 Å². The molecule has 0 bridgehead atoms. The average Bonchev–Trinajstić information content (AvgIpc) is 2.38. The largest absolute Gasteiger partial charge is 0.398 e. The van der Waals surface area contributed by atoms with Crippen LogP contribution in [0.5, 0.6) is 0 Å². The molecular formula is C12H19N3O5S. The molecule has 1 aromatic carbocycles. The number of ether oxygens (including phenoxy) is 1. The zero-order valence-corrected chi connectivity index (χ0v) is 13.0. The van der Waals surface area contributed by atoms with E-state index in [-0.39, 0.29) is 35.5 Å². The lowest BCUT2D eigenvalue weighted by molar-refractivity contribution is -0.385. The molecule has 0 aromatic heterocycles. The van der Waals surface area contributed by atoms with Crippen LogP contribution in [0.15, 0.2) is 23.1 Å². The first kappa shape index (κ1) is 17.3. The van der Waals surface area contributed by atoms with Crippen molar-refractivity contribution < 1.29 is 18.1 Å². The van der Waals surface area contributed by atoms with E-state index in [2.05, 4.69) is 0 Å². The highest BCUT2D eigenvalue weighted by Gasteiger charge is 2.30. The van der Waals surface area contributed by atoms with Crippen molar-refractivity contribution in [2.45, 2.75) is 24.8 Å². The Balaban J connectivity index is 3.33.